The predicted molar refractivity (Wildman–Crippen MR) is 83.6 cm³/mol. The molecule has 0 aliphatic rings. The van der Waals surface area contributed by atoms with Gasteiger partial charge in [0, 0.05) is 13.1 Å². The SMILES string of the molecule is OC([CH]Cc1ccccc1)CNCc1cccc(C(F)(F)F)c1. The van der Waals surface area contributed by atoms with Gasteiger partial charge in [0.2, 0.25) is 0 Å². The molecule has 2 N–H and O–H groups in total. The Morgan fingerprint density at radius 1 is 1.00 bits per heavy atom. The minimum Gasteiger partial charge on any atom is -0.391 e. The summed E-state index contributed by atoms with van der Waals surface area (Å²) >= 11 is 0. The molecule has 2 aromatic carbocycles. The maximum absolute atomic E-state index is 12.6. The molecule has 2 rings (SSSR count). The van der Waals surface area contributed by atoms with E-state index in [9.17, 15) is 18.3 Å². The van der Waals surface area contributed by atoms with Crippen molar-refractivity contribution >= 4 is 0 Å². The van der Waals surface area contributed by atoms with E-state index < -0.39 is 17.8 Å². The monoisotopic (exact) mass is 322 g/mol. The fraction of sp³-hybridized carbons (Fsp3) is 0.278. The Hall–Kier alpha value is -1.85. The first-order chi connectivity index (χ1) is 10.9. The van der Waals surface area contributed by atoms with Crippen molar-refractivity contribution in [3.8, 4) is 0 Å². The van der Waals surface area contributed by atoms with Crippen molar-refractivity contribution in [2.45, 2.75) is 25.2 Å². The number of hydrogen-bond acceptors (Lipinski definition) is 2. The second-order valence-corrected chi connectivity index (χ2v) is 5.32. The summed E-state index contributed by atoms with van der Waals surface area (Å²) in [7, 11) is 0. The lowest BCUT2D eigenvalue weighted by atomic mass is 10.1. The van der Waals surface area contributed by atoms with Gasteiger partial charge in [0.15, 0.2) is 0 Å². The third-order valence-corrected chi connectivity index (χ3v) is 3.41. The second-order valence-electron chi connectivity index (χ2n) is 5.32. The zero-order valence-electron chi connectivity index (χ0n) is 12.6. The summed E-state index contributed by atoms with van der Waals surface area (Å²) in [4.78, 5) is 0. The highest BCUT2D eigenvalue weighted by molar-refractivity contribution is 5.25. The van der Waals surface area contributed by atoms with Gasteiger partial charge in [-0.3, -0.25) is 0 Å². The van der Waals surface area contributed by atoms with Gasteiger partial charge in [0.25, 0.3) is 0 Å². The average molecular weight is 322 g/mol. The molecule has 0 heterocycles. The Kier molecular flexibility index (Phi) is 6.19. The Morgan fingerprint density at radius 3 is 2.39 bits per heavy atom. The van der Waals surface area contributed by atoms with E-state index in [1.165, 1.54) is 6.07 Å². The minimum atomic E-state index is -4.33. The summed E-state index contributed by atoms with van der Waals surface area (Å²) in [5.41, 5.74) is 0.979. The Balaban J connectivity index is 1.74. The molecule has 1 atom stereocenters. The molecule has 1 radical (unpaired) electrons. The molecule has 1 unspecified atom stereocenters. The van der Waals surface area contributed by atoms with Crippen molar-refractivity contribution in [2.75, 3.05) is 6.54 Å². The molecular weight excluding hydrogens is 303 g/mol. The van der Waals surface area contributed by atoms with Gasteiger partial charge in [-0.2, -0.15) is 13.2 Å². The van der Waals surface area contributed by atoms with Gasteiger partial charge in [-0.15, -0.1) is 0 Å². The maximum Gasteiger partial charge on any atom is 0.416 e. The number of aliphatic hydroxyl groups is 1. The molecule has 23 heavy (non-hydrogen) atoms. The van der Waals surface area contributed by atoms with Crippen LogP contribution < -0.4 is 5.32 Å². The van der Waals surface area contributed by atoms with E-state index in [-0.39, 0.29) is 6.54 Å². The van der Waals surface area contributed by atoms with Crippen molar-refractivity contribution in [1.29, 1.82) is 0 Å². The van der Waals surface area contributed by atoms with Crippen LogP contribution in [0.1, 0.15) is 16.7 Å². The van der Waals surface area contributed by atoms with E-state index in [2.05, 4.69) is 5.32 Å². The molecule has 0 saturated carbocycles. The second kappa shape index (κ2) is 8.13. The predicted octanol–water partition coefficient (Wildman–Crippen LogP) is 3.60. The van der Waals surface area contributed by atoms with Crippen LogP contribution in [0.3, 0.4) is 0 Å². The Bertz CT molecular complexity index is 599. The number of benzene rings is 2. The van der Waals surface area contributed by atoms with E-state index in [1.807, 2.05) is 30.3 Å². The smallest absolute Gasteiger partial charge is 0.391 e. The van der Waals surface area contributed by atoms with Gasteiger partial charge >= 0.3 is 6.18 Å². The quantitative estimate of drug-likeness (QED) is 0.816. The van der Waals surface area contributed by atoms with Crippen molar-refractivity contribution < 1.29 is 18.3 Å². The van der Waals surface area contributed by atoms with E-state index in [0.29, 0.717) is 18.5 Å². The van der Waals surface area contributed by atoms with Gasteiger partial charge < -0.3 is 10.4 Å². The minimum absolute atomic E-state index is 0.278. The summed E-state index contributed by atoms with van der Waals surface area (Å²) in [6.07, 6.45) is -2.57. The van der Waals surface area contributed by atoms with Crippen LogP contribution >= 0.6 is 0 Å². The van der Waals surface area contributed by atoms with Crippen molar-refractivity contribution in [2.24, 2.45) is 0 Å². The Labute approximate surface area is 134 Å². The highest BCUT2D eigenvalue weighted by Gasteiger charge is 2.30. The van der Waals surface area contributed by atoms with Gasteiger partial charge in [0.1, 0.15) is 0 Å². The van der Waals surface area contributed by atoms with Crippen molar-refractivity contribution in [3.05, 3.63) is 77.7 Å². The maximum atomic E-state index is 12.6. The number of alkyl halides is 3. The highest BCUT2D eigenvalue weighted by atomic mass is 19.4. The van der Waals surface area contributed by atoms with E-state index in [1.54, 1.807) is 12.5 Å². The normalized spacial score (nSPS) is 13.0. The molecule has 0 aliphatic carbocycles. The largest absolute Gasteiger partial charge is 0.416 e. The van der Waals surface area contributed by atoms with Crippen LogP contribution in [0.5, 0.6) is 0 Å². The van der Waals surface area contributed by atoms with Crippen molar-refractivity contribution in [3.63, 3.8) is 0 Å². The van der Waals surface area contributed by atoms with Gasteiger partial charge in [0.05, 0.1) is 11.7 Å². The lowest BCUT2D eigenvalue weighted by molar-refractivity contribution is -0.137. The molecule has 0 spiro atoms. The molecule has 0 aromatic heterocycles. The third-order valence-electron chi connectivity index (χ3n) is 3.41. The number of hydrogen-bond donors (Lipinski definition) is 2. The lowest BCUT2D eigenvalue weighted by Gasteiger charge is -2.13. The zero-order chi connectivity index (χ0) is 16.7. The first-order valence-electron chi connectivity index (χ1n) is 7.37. The molecule has 2 nitrogen and oxygen atoms in total. The molecule has 0 fully saturated rings. The number of halogens is 3. The molecule has 5 heteroatoms. The topological polar surface area (TPSA) is 32.3 Å². The molecule has 0 amide bonds. The summed E-state index contributed by atoms with van der Waals surface area (Å²) in [5, 5.41) is 12.8. The van der Waals surface area contributed by atoms with Gasteiger partial charge in [-0.05, 0) is 30.0 Å². The van der Waals surface area contributed by atoms with E-state index in [4.69, 9.17) is 0 Å². The van der Waals surface area contributed by atoms with Gasteiger partial charge in [-0.25, -0.2) is 0 Å². The van der Waals surface area contributed by atoms with Crippen LogP contribution in [0, 0.1) is 6.42 Å². The standard InChI is InChI=1S/C18H19F3NO/c19-18(20,21)16-8-4-7-15(11-16)12-22-13-17(23)10-9-14-5-2-1-3-6-14/h1-8,10-11,17,22-23H,9,12-13H2. The zero-order valence-corrected chi connectivity index (χ0v) is 12.6. The average Bonchev–Trinajstić information content (AvgIpc) is 2.53. The summed E-state index contributed by atoms with van der Waals surface area (Å²) in [5.74, 6) is 0. The molecule has 0 bridgehead atoms. The van der Waals surface area contributed by atoms with Crippen LogP contribution in [0.2, 0.25) is 0 Å². The van der Waals surface area contributed by atoms with Crippen LogP contribution in [-0.4, -0.2) is 17.8 Å². The number of rotatable bonds is 7. The molecule has 2 aromatic rings. The first-order valence-corrected chi connectivity index (χ1v) is 7.37. The molecule has 0 saturated heterocycles. The highest BCUT2D eigenvalue weighted by Crippen LogP contribution is 2.29. The number of aliphatic hydroxyl groups excluding tert-OH is 1. The Morgan fingerprint density at radius 2 is 1.70 bits per heavy atom. The fourth-order valence-electron chi connectivity index (χ4n) is 2.19. The van der Waals surface area contributed by atoms with Crippen LogP contribution in [0.4, 0.5) is 13.2 Å². The number of nitrogens with one attached hydrogen (secondary N) is 1. The summed E-state index contributed by atoms with van der Waals surface area (Å²) in [6, 6.07) is 14.9. The molecular formula is C18H19F3NO. The summed E-state index contributed by atoms with van der Waals surface area (Å²) < 4.78 is 37.8. The fourth-order valence-corrected chi connectivity index (χ4v) is 2.19. The molecule has 123 valence electrons. The van der Waals surface area contributed by atoms with Crippen LogP contribution in [0.15, 0.2) is 54.6 Å². The third kappa shape index (κ3) is 6.04. The lowest BCUT2D eigenvalue weighted by Crippen LogP contribution is -2.27. The molecule has 0 aliphatic heterocycles. The van der Waals surface area contributed by atoms with Gasteiger partial charge in [-0.1, -0.05) is 48.5 Å². The van der Waals surface area contributed by atoms with E-state index in [0.717, 1.165) is 17.7 Å². The van der Waals surface area contributed by atoms with Crippen molar-refractivity contribution in [1.82, 2.24) is 5.32 Å². The first kappa shape index (κ1) is 17.5. The van der Waals surface area contributed by atoms with E-state index >= 15 is 0 Å². The van der Waals surface area contributed by atoms with Crippen LogP contribution in [0.25, 0.3) is 0 Å². The van der Waals surface area contributed by atoms with Crippen LogP contribution in [-0.2, 0) is 19.1 Å². The summed E-state index contributed by atoms with van der Waals surface area (Å²) in [6.45, 7) is 0.573.